The summed E-state index contributed by atoms with van der Waals surface area (Å²) < 4.78 is 32.5. The van der Waals surface area contributed by atoms with Crippen molar-refractivity contribution in [2.75, 3.05) is 7.05 Å². The Bertz CT molecular complexity index is 809. The molecule has 1 unspecified atom stereocenters. The van der Waals surface area contributed by atoms with Crippen LogP contribution >= 0.6 is 0 Å². The number of aromatic nitrogens is 2. The van der Waals surface area contributed by atoms with Gasteiger partial charge in [-0.3, -0.25) is 0 Å². The molecule has 1 heterocycles. The number of hydrogen-bond acceptors (Lipinski definition) is 6. The zero-order valence-electron chi connectivity index (χ0n) is 15.3. The second-order valence-electron chi connectivity index (χ2n) is 7.22. The molecule has 138 valence electrons. The molecule has 0 fully saturated rings. The van der Waals surface area contributed by atoms with Crippen LogP contribution in [0.1, 0.15) is 39.1 Å². The van der Waals surface area contributed by atoms with Gasteiger partial charge in [-0.25, -0.2) is 13.1 Å². The monoisotopic (exact) mass is 366 g/mol. The van der Waals surface area contributed by atoms with Crippen molar-refractivity contribution < 1.29 is 12.9 Å². The maximum atomic E-state index is 12.3. The fourth-order valence-corrected chi connectivity index (χ4v) is 3.97. The summed E-state index contributed by atoms with van der Waals surface area (Å²) >= 11 is 0. The summed E-state index contributed by atoms with van der Waals surface area (Å²) in [6.45, 7) is 7.47. The van der Waals surface area contributed by atoms with E-state index in [1.807, 2.05) is 40.8 Å². The number of hydrogen-bond donors (Lipinski definition) is 2. The molecule has 0 radical (unpaired) electrons. The molecule has 0 aliphatic carbocycles. The molecule has 0 aliphatic rings. The fourth-order valence-electron chi connectivity index (χ4n) is 2.35. The highest BCUT2D eigenvalue weighted by Crippen LogP contribution is 2.20. The maximum absolute atomic E-state index is 12.3. The van der Waals surface area contributed by atoms with E-state index in [0.717, 1.165) is 0 Å². The van der Waals surface area contributed by atoms with Gasteiger partial charge in [0.2, 0.25) is 10.0 Å². The summed E-state index contributed by atoms with van der Waals surface area (Å²) in [5.74, 6) is 0.904. The summed E-state index contributed by atoms with van der Waals surface area (Å²) in [4.78, 5) is 4.38. The molecule has 2 aromatic rings. The van der Waals surface area contributed by atoms with Crippen LogP contribution in [-0.4, -0.2) is 37.2 Å². The van der Waals surface area contributed by atoms with Gasteiger partial charge in [-0.15, -0.1) is 0 Å². The zero-order valence-corrected chi connectivity index (χ0v) is 16.1. The van der Waals surface area contributed by atoms with Crippen LogP contribution in [0.3, 0.4) is 0 Å². The van der Waals surface area contributed by atoms with E-state index in [1.165, 1.54) is 0 Å². The van der Waals surface area contributed by atoms with Crippen LogP contribution in [-0.2, 0) is 22.2 Å². The van der Waals surface area contributed by atoms with E-state index in [2.05, 4.69) is 20.2 Å². The molecule has 1 aromatic carbocycles. The van der Waals surface area contributed by atoms with Crippen LogP contribution in [0.4, 0.5) is 0 Å². The number of benzene rings is 1. The second kappa shape index (κ2) is 7.63. The molecule has 8 heteroatoms. The van der Waals surface area contributed by atoms with Crippen LogP contribution in [0.2, 0.25) is 0 Å². The van der Waals surface area contributed by atoms with E-state index in [-0.39, 0.29) is 11.8 Å². The summed E-state index contributed by atoms with van der Waals surface area (Å²) in [6.07, 6.45) is 0.656. The van der Waals surface area contributed by atoms with Crippen molar-refractivity contribution in [3.8, 4) is 11.5 Å². The molecule has 7 nitrogen and oxygen atoms in total. The zero-order chi connectivity index (χ0) is 18.7. The average molecular weight is 366 g/mol. The molecule has 0 amide bonds. The van der Waals surface area contributed by atoms with E-state index < -0.39 is 15.6 Å². The lowest BCUT2D eigenvalue weighted by atomic mass is 10.1. The van der Waals surface area contributed by atoms with E-state index >= 15 is 0 Å². The maximum Gasteiger partial charge on any atom is 0.257 e. The molecule has 0 saturated heterocycles. The van der Waals surface area contributed by atoms with Gasteiger partial charge in [-0.05, 0) is 52.4 Å². The Balaban J connectivity index is 2.16. The molecule has 0 saturated carbocycles. The number of rotatable bonds is 7. The fraction of sp³-hybridized carbons (Fsp3) is 0.529. The van der Waals surface area contributed by atoms with Crippen LogP contribution in [0, 0.1) is 0 Å². The largest absolute Gasteiger partial charge is 0.334 e. The average Bonchev–Trinajstić information content (AvgIpc) is 2.92. The summed E-state index contributed by atoms with van der Waals surface area (Å²) in [5, 5.41) is 7.10. The van der Waals surface area contributed by atoms with Gasteiger partial charge in [-0.2, -0.15) is 4.98 Å². The van der Waals surface area contributed by atoms with Crippen molar-refractivity contribution >= 4 is 10.0 Å². The molecular weight excluding hydrogens is 340 g/mol. The number of likely N-dealkylation sites (N-methyl/N-ethyl adjacent to an activating group) is 1. The first kappa shape index (κ1) is 19.6. The topological polar surface area (TPSA) is 97.1 Å². The predicted octanol–water partition coefficient (Wildman–Crippen LogP) is 2.10. The minimum Gasteiger partial charge on any atom is -0.334 e. The second-order valence-corrected chi connectivity index (χ2v) is 8.94. The van der Waals surface area contributed by atoms with Crippen LogP contribution < -0.4 is 10.0 Å². The van der Waals surface area contributed by atoms with Gasteiger partial charge in [0.1, 0.15) is 0 Å². The molecule has 0 aliphatic heterocycles. The molecule has 25 heavy (non-hydrogen) atoms. The first-order valence-corrected chi connectivity index (χ1v) is 9.84. The third-order valence-electron chi connectivity index (χ3n) is 3.44. The lowest BCUT2D eigenvalue weighted by molar-refractivity contribution is 0.418. The molecule has 1 aromatic heterocycles. The van der Waals surface area contributed by atoms with Crippen LogP contribution in [0.25, 0.3) is 11.5 Å². The van der Waals surface area contributed by atoms with Gasteiger partial charge in [0, 0.05) is 23.6 Å². The number of sulfonamides is 1. The molecule has 2 N–H and O–H groups in total. The highest BCUT2D eigenvalue weighted by molar-refractivity contribution is 7.88. The third kappa shape index (κ3) is 6.22. The highest BCUT2D eigenvalue weighted by Gasteiger charge is 2.20. The van der Waals surface area contributed by atoms with Gasteiger partial charge >= 0.3 is 0 Å². The Hall–Kier alpha value is -1.77. The number of nitrogens with zero attached hydrogens (tertiary/aromatic N) is 2. The molecular formula is C17H26N4O3S. The quantitative estimate of drug-likeness (QED) is 0.779. The normalized spacial score (nSPS) is 13.8. The van der Waals surface area contributed by atoms with Gasteiger partial charge in [0.05, 0.1) is 5.75 Å². The first-order chi connectivity index (χ1) is 11.6. The Labute approximate surface area is 149 Å². The number of nitrogens with one attached hydrogen (secondary N) is 2. The van der Waals surface area contributed by atoms with Gasteiger partial charge < -0.3 is 9.84 Å². The Morgan fingerprint density at radius 2 is 2.00 bits per heavy atom. The van der Waals surface area contributed by atoms with Crippen LogP contribution in [0.15, 0.2) is 28.8 Å². The molecule has 1 atom stereocenters. The van der Waals surface area contributed by atoms with E-state index in [1.54, 1.807) is 18.2 Å². The Kier molecular flexibility index (Phi) is 5.97. The van der Waals surface area contributed by atoms with Crippen molar-refractivity contribution in [3.05, 3.63) is 35.7 Å². The summed E-state index contributed by atoms with van der Waals surface area (Å²) in [6, 6.07) is 7.39. The van der Waals surface area contributed by atoms with Crippen molar-refractivity contribution in [2.24, 2.45) is 0 Å². The molecule has 0 bridgehead atoms. The standard InChI is InChI=1S/C17H26N4O3S/c1-12(18-5)9-15-19-16(24-20-15)14-8-6-7-13(10-14)11-25(22,23)21-17(2,3)4/h6-8,10,12,18,21H,9,11H2,1-5H3. The van der Waals surface area contributed by atoms with Crippen molar-refractivity contribution in [1.29, 1.82) is 0 Å². The third-order valence-corrected chi connectivity index (χ3v) is 5.08. The van der Waals surface area contributed by atoms with E-state index in [9.17, 15) is 8.42 Å². The van der Waals surface area contributed by atoms with Crippen molar-refractivity contribution in [3.63, 3.8) is 0 Å². The van der Waals surface area contributed by atoms with E-state index in [4.69, 9.17) is 4.52 Å². The first-order valence-electron chi connectivity index (χ1n) is 8.19. The van der Waals surface area contributed by atoms with Gasteiger partial charge in [-0.1, -0.05) is 17.3 Å². The lowest BCUT2D eigenvalue weighted by Gasteiger charge is -2.20. The Morgan fingerprint density at radius 3 is 2.64 bits per heavy atom. The van der Waals surface area contributed by atoms with Crippen LogP contribution in [0.5, 0.6) is 0 Å². The summed E-state index contributed by atoms with van der Waals surface area (Å²) in [5.41, 5.74) is 0.860. The van der Waals surface area contributed by atoms with E-state index in [0.29, 0.717) is 29.3 Å². The van der Waals surface area contributed by atoms with Gasteiger partial charge in [0.25, 0.3) is 5.89 Å². The minimum absolute atomic E-state index is 0.101. The Morgan fingerprint density at radius 1 is 1.28 bits per heavy atom. The van der Waals surface area contributed by atoms with Crippen molar-refractivity contribution in [1.82, 2.24) is 20.2 Å². The van der Waals surface area contributed by atoms with Crippen molar-refractivity contribution in [2.45, 2.75) is 51.4 Å². The summed E-state index contributed by atoms with van der Waals surface area (Å²) in [7, 11) is -1.55. The highest BCUT2D eigenvalue weighted by atomic mass is 32.2. The molecule has 0 spiro atoms. The smallest absolute Gasteiger partial charge is 0.257 e. The lowest BCUT2D eigenvalue weighted by Crippen LogP contribution is -2.41. The predicted molar refractivity (Wildman–Crippen MR) is 97.5 cm³/mol. The molecule has 2 rings (SSSR count). The van der Waals surface area contributed by atoms with Gasteiger partial charge in [0.15, 0.2) is 5.82 Å². The minimum atomic E-state index is -3.43. The SMILES string of the molecule is CNC(C)Cc1noc(-c2cccc(CS(=O)(=O)NC(C)(C)C)c2)n1.